The molecule has 20 heavy (non-hydrogen) atoms. The van der Waals surface area contributed by atoms with Gasteiger partial charge in [0.2, 0.25) is 0 Å². The molecule has 0 aliphatic heterocycles. The summed E-state index contributed by atoms with van der Waals surface area (Å²) in [4.78, 5) is 10.9. The van der Waals surface area contributed by atoms with Crippen LogP contribution in [0.1, 0.15) is 38.5 Å². The summed E-state index contributed by atoms with van der Waals surface area (Å²) in [6.07, 6.45) is 17.5. The smallest absolute Gasteiger partial charge is 0.305 e. The lowest BCUT2D eigenvalue weighted by atomic mass is 10.1. The first-order chi connectivity index (χ1) is 9.70. The molecule has 0 aromatic carbocycles. The minimum Gasteiger partial charge on any atom is -0.469 e. The number of aliphatic hydroxyl groups excluding tert-OH is 1. The molecule has 1 unspecified atom stereocenters. The van der Waals surface area contributed by atoms with Gasteiger partial charge in [0, 0.05) is 6.42 Å². The van der Waals surface area contributed by atoms with Crippen LogP contribution in [-0.2, 0) is 9.53 Å². The summed E-state index contributed by atoms with van der Waals surface area (Å²) in [6, 6.07) is 0. The molecule has 1 N–H and O–H groups in total. The number of esters is 1. The maximum absolute atomic E-state index is 10.9. The molecule has 0 heterocycles. The summed E-state index contributed by atoms with van der Waals surface area (Å²) in [5, 5.41) is 9.66. The molecule has 112 valence electrons. The SMILES string of the molecule is C=CCC=CC=CC(O)CC=CCCCCC(=O)OC. The molecular weight excluding hydrogens is 252 g/mol. The molecule has 0 aromatic heterocycles. The zero-order valence-electron chi connectivity index (χ0n) is 12.3. The largest absolute Gasteiger partial charge is 0.469 e. The average Bonchev–Trinajstić information content (AvgIpc) is 2.45. The van der Waals surface area contributed by atoms with Crippen LogP contribution in [0.3, 0.4) is 0 Å². The van der Waals surface area contributed by atoms with Crippen molar-refractivity contribution < 1.29 is 14.6 Å². The first kappa shape index (κ1) is 18.4. The van der Waals surface area contributed by atoms with E-state index in [1.807, 2.05) is 36.5 Å². The second-order valence-corrected chi connectivity index (χ2v) is 4.43. The van der Waals surface area contributed by atoms with Crippen molar-refractivity contribution in [2.75, 3.05) is 7.11 Å². The molecule has 0 saturated carbocycles. The summed E-state index contributed by atoms with van der Waals surface area (Å²) in [6.45, 7) is 3.62. The van der Waals surface area contributed by atoms with Crippen molar-refractivity contribution in [3.8, 4) is 0 Å². The lowest BCUT2D eigenvalue weighted by Crippen LogP contribution is -1.99. The quantitative estimate of drug-likeness (QED) is 0.271. The first-order valence-electron chi connectivity index (χ1n) is 7.04. The van der Waals surface area contributed by atoms with Gasteiger partial charge >= 0.3 is 5.97 Å². The molecule has 0 bridgehead atoms. The van der Waals surface area contributed by atoms with E-state index in [2.05, 4.69) is 11.3 Å². The van der Waals surface area contributed by atoms with Crippen molar-refractivity contribution in [3.63, 3.8) is 0 Å². The molecule has 0 aromatic rings. The molecule has 0 aliphatic rings. The summed E-state index contributed by atoms with van der Waals surface area (Å²) in [5.41, 5.74) is 0. The van der Waals surface area contributed by atoms with Crippen molar-refractivity contribution >= 4 is 5.97 Å². The summed E-state index contributed by atoms with van der Waals surface area (Å²) >= 11 is 0. The monoisotopic (exact) mass is 278 g/mol. The standard InChI is InChI=1S/C17H26O3/c1-3-4-5-7-10-13-16(18)14-11-8-6-9-12-15-17(19)20-2/h3,5,7-8,10-11,13,16,18H,1,4,6,9,12,14-15H2,2H3. The van der Waals surface area contributed by atoms with Crippen molar-refractivity contribution in [2.24, 2.45) is 0 Å². The third-order valence-corrected chi connectivity index (χ3v) is 2.66. The van der Waals surface area contributed by atoms with Crippen LogP contribution in [0.4, 0.5) is 0 Å². The molecule has 0 rings (SSSR count). The van der Waals surface area contributed by atoms with Gasteiger partial charge < -0.3 is 9.84 Å². The first-order valence-corrected chi connectivity index (χ1v) is 7.04. The molecular formula is C17H26O3. The second kappa shape index (κ2) is 13.8. The van der Waals surface area contributed by atoms with Gasteiger partial charge in [-0.15, -0.1) is 6.58 Å². The van der Waals surface area contributed by atoms with E-state index in [4.69, 9.17) is 0 Å². The van der Waals surface area contributed by atoms with Crippen molar-refractivity contribution in [3.05, 3.63) is 49.1 Å². The highest BCUT2D eigenvalue weighted by Crippen LogP contribution is 2.03. The van der Waals surface area contributed by atoms with Gasteiger partial charge in [0.05, 0.1) is 13.2 Å². The molecule has 1 atom stereocenters. The van der Waals surface area contributed by atoms with Gasteiger partial charge in [-0.25, -0.2) is 0 Å². The zero-order valence-corrected chi connectivity index (χ0v) is 12.3. The third kappa shape index (κ3) is 12.8. The Balaban J connectivity index is 3.58. The molecule has 0 aliphatic carbocycles. The van der Waals surface area contributed by atoms with Gasteiger partial charge in [0.1, 0.15) is 0 Å². The second-order valence-electron chi connectivity index (χ2n) is 4.43. The van der Waals surface area contributed by atoms with Gasteiger partial charge in [-0.3, -0.25) is 4.79 Å². The van der Waals surface area contributed by atoms with Gasteiger partial charge in [0.25, 0.3) is 0 Å². The van der Waals surface area contributed by atoms with E-state index in [0.717, 1.165) is 25.7 Å². The van der Waals surface area contributed by atoms with Crippen LogP contribution in [0.2, 0.25) is 0 Å². The van der Waals surface area contributed by atoms with Crippen molar-refractivity contribution in [1.82, 2.24) is 0 Å². The predicted molar refractivity (Wildman–Crippen MR) is 83.3 cm³/mol. The highest BCUT2D eigenvalue weighted by Gasteiger charge is 1.98. The fourth-order valence-electron chi connectivity index (χ4n) is 1.51. The van der Waals surface area contributed by atoms with E-state index in [1.54, 1.807) is 6.08 Å². The van der Waals surface area contributed by atoms with Crippen LogP contribution in [0, 0.1) is 0 Å². The predicted octanol–water partition coefficient (Wildman–Crippen LogP) is 3.72. The zero-order chi connectivity index (χ0) is 15.1. The number of hydrogen-bond acceptors (Lipinski definition) is 3. The molecule has 0 fully saturated rings. The fourth-order valence-corrected chi connectivity index (χ4v) is 1.51. The Morgan fingerprint density at radius 1 is 1.25 bits per heavy atom. The number of rotatable bonds is 11. The number of carbonyl (C=O) groups excluding carboxylic acids is 1. The van der Waals surface area contributed by atoms with Crippen LogP contribution in [0.15, 0.2) is 49.1 Å². The van der Waals surface area contributed by atoms with E-state index in [9.17, 15) is 9.90 Å². The molecule has 3 nitrogen and oxygen atoms in total. The lowest BCUT2D eigenvalue weighted by Gasteiger charge is -2.00. The fraction of sp³-hybridized carbons (Fsp3) is 0.471. The summed E-state index contributed by atoms with van der Waals surface area (Å²) in [7, 11) is 1.41. The number of ether oxygens (including phenoxy) is 1. The highest BCUT2D eigenvalue weighted by molar-refractivity contribution is 5.68. The number of hydrogen-bond donors (Lipinski definition) is 1. The van der Waals surface area contributed by atoms with Crippen LogP contribution in [0.25, 0.3) is 0 Å². The molecule has 0 radical (unpaired) electrons. The highest BCUT2D eigenvalue weighted by atomic mass is 16.5. The van der Waals surface area contributed by atoms with E-state index < -0.39 is 6.10 Å². The molecule has 0 saturated heterocycles. The number of allylic oxidation sites excluding steroid dienone is 5. The normalized spacial score (nSPS) is 13.3. The minimum atomic E-state index is -0.449. The van der Waals surface area contributed by atoms with Gasteiger partial charge in [-0.05, 0) is 32.1 Å². The molecule has 0 amide bonds. The number of aliphatic hydroxyl groups is 1. The Kier molecular flexibility index (Phi) is 12.7. The van der Waals surface area contributed by atoms with E-state index in [0.29, 0.717) is 12.8 Å². The Morgan fingerprint density at radius 3 is 2.75 bits per heavy atom. The number of carbonyl (C=O) groups is 1. The van der Waals surface area contributed by atoms with E-state index in [-0.39, 0.29) is 5.97 Å². The average molecular weight is 278 g/mol. The van der Waals surface area contributed by atoms with Gasteiger partial charge in [-0.1, -0.05) is 42.5 Å². The summed E-state index contributed by atoms with van der Waals surface area (Å²) in [5.74, 6) is -0.154. The van der Waals surface area contributed by atoms with Crippen LogP contribution in [-0.4, -0.2) is 24.3 Å². The van der Waals surface area contributed by atoms with Crippen molar-refractivity contribution in [2.45, 2.75) is 44.6 Å². The minimum absolute atomic E-state index is 0.154. The number of unbranched alkanes of at least 4 members (excludes halogenated alkanes) is 2. The van der Waals surface area contributed by atoms with Crippen LogP contribution in [0.5, 0.6) is 0 Å². The van der Waals surface area contributed by atoms with Crippen molar-refractivity contribution in [1.29, 1.82) is 0 Å². The Hall–Kier alpha value is -1.61. The van der Waals surface area contributed by atoms with Gasteiger partial charge in [-0.2, -0.15) is 0 Å². The number of methoxy groups -OCH3 is 1. The topological polar surface area (TPSA) is 46.5 Å². The van der Waals surface area contributed by atoms with Gasteiger partial charge in [0.15, 0.2) is 0 Å². The maximum Gasteiger partial charge on any atom is 0.305 e. The Bertz CT molecular complexity index is 340. The Morgan fingerprint density at radius 2 is 2.05 bits per heavy atom. The molecule has 3 heteroatoms. The Labute approximate surface area is 122 Å². The summed E-state index contributed by atoms with van der Waals surface area (Å²) < 4.78 is 4.56. The molecule has 0 spiro atoms. The van der Waals surface area contributed by atoms with Crippen LogP contribution < -0.4 is 0 Å². The lowest BCUT2D eigenvalue weighted by molar-refractivity contribution is -0.140. The van der Waals surface area contributed by atoms with E-state index >= 15 is 0 Å². The van der Waals surface area contributed by atoms with E-state index in [1.165, 1.54) is 7.11 Å². The van der Waals surface area contributed by atoms with Crippen LogP contribution >= 0.6 is 0 Å². The third-order valence-electron chi connectivity index (χ3n) is 2.66. The maximum atomic E-state index is 10.9.